The molecule has 0 bridgehead atoms. The van der Waals surface area contributed by atoms with Crippen LogP contribution in [0, 0.1) is 0 Å². The van der Waals surface area contributed by atoms with Crippen LogP contribution in [-0.4, -0.2) is 10.7 Å². The molecule has 1 heteroatoms. The Morgan fingerprint density at radius 2 is 1.94 bits per heavy atom. The van der Waals surface area contributed by atoms with E-state index in [0.717, 1.165) is 19.3 Å². The fourth-order valence-corrected chi connectivity index (χ4v) is 2.99. The van der Waals surface area contributed by atoms with Crippen molar-refractivity contribution in [3.8, 4) is 0 Å². The van der Waals surface area contributed by atoms with Crippen LogP contribution in [-0.2, 0) is 0 Å². The summed E-state index contributed by atoms with van der Waals surface area (Å²) in [6.45, 7) is 4.13. The third-order valence-corrected chi connectivity index (χ3v) is 3.66. The van der Waals surface area contributed by atoms with Crippen LogP contribution in [0.15, 0.2) is 42.0 Å². The third kappa shape index (κ3) is 2.78. The molecular weight excluding hydrogens is 208 g/mol. The quantitative estimate of drug-likeness (QED) is 0.760. The van der Waals surface area contributed by atoms with Gasteiger partial charge in [0.1, 0.15) is 0 Å². The molecule has 2 unspecified atom stereocenters. The Morgan fingerprint density at radius 3 is 2.59 bits per heavy atom. The van der Waals surface area contributed by atoms with Crippen LogP contribution in [0.25, 0.3) is 0 Å². The lowest BCUT2D eigenvalue weighted by atomic mass is 9.71. The highest BCUT2D eigenvalue weighted by Gasteiger charge is 2.37. The van der Waals surface area contributed by atoms with Crippen LogP contribution < -0.4 is 0 Å². The molecule has 1 aliphatic carbocycles. The van der Waals surface area contributed by atoms with Crippen molar-refractivity contribution in [3.05, 3.63) is 47.5 Å². The minimum atomic E-state index is -0.640. The molecule has 1 nitrogen and oxygen atoms in total. The highest BCUT2D eigenvalue weighted by Crippen LogP contribution is 2.42. The molecule has 1 aliphatic rings. The number of aliphatic hydroxyl groups is 1. The van der Waals surface area contributed by atoms with E-state index in [1.807, 2.05) is 6.07 Å². The van der Waals surface area contributed by atoms with Crippen LogP contribution >= 0.6 is 0 Å². The van der Waals surface area contributed by atoms with Gasteiger partial charge in [0.2, 0.25) is 0 Å². The van der Waals surface area contributed by atoms with Gasteiger partial charge in [-0.15, -0.1) is 0 Å². The Labute approximate surface area is 104 Å². The van der Waals surface area contributed by atoms with E-state index in [9.17, 15) is 5.11 Å². The zero-order valence-corrected chi connectivity index (χ0v) is 10.8. The second kappa shape index (κ2) is 5.05. The number of hydrogen-bond donors (Lipinski definition) is 1. The maximum Gasteiger partial charge on any atom is 0.0898 e. The molecule has 0 aromatic heterocycles. The maximum absolute atomic E-state index is 10.9. The third-order valence-electron chi connectivity index (χ3n) is 3.66. The highest BCUT2D eigenvalue weighted by molar-refractivity contribution is 5.27. The largest absolute Gasteiger partial charge is 0.385 e. The van der Waals surface area contributed by atoms with Gasteiger partial charge < -0.3 is 5.11 Å². The fraction of sp³-hybridized carbons (Fsp3) is 0.500. The molecule has 0 saturated heterocycles. The lowest BCUT2D eigenvalue weighted by molar-refractivity contribution is 0.0280. The van der Waals surface area contributed by atoms with Gasteiger partial charge >= 0.3 is 0 Å². The van der Waals surface area contributed by atoms with E-state index in [-0.39, 0.29) is 5.92 Å². The summed E-state index contributed by atoms with van der Waals surface area (Å²) in [6, 6.07) is 10.4. The topological polar surface area (TPSA) is 20.2 Å². The molecule has 0 radical (unpaired) electrons. The van der Waals surface area contributed by atoms with E-state index in [1.54, 1.807) is 0 Å². The Kier molecular flexibility index (Phi) is 3.68. The van der Waals surface area contributed by atoms with E-state index < -0.39 is 5.60 Å². The van der Waals surface area contributed by atoms with Crippen LogP contribution in [0.3, 0.4) is 0 Å². The molecule has 2 atom stereocenters. The van der Waals surface area contributed by atoms with Crippen LogP contribution in [0.5, 0.6) is 0 Å². The van der Waals surface area contributed by atoms with E-state index in [4.69, 9.17) is 0 Å². The van der Waals surface area contributed by atoms with Gasteiger partial charge in [-0.3, -0.25) is 0 Å². The second-order valence-electron chi connectivity index (χ2n) is 5.42. The van der Waals surface area contributed by atoms with Gasteiger partial charge in [0.15, 0.2) is 0 Å². The summed E-state index contributed by atoms with van der Waals surface area (Å²) in [7, 11) is 0. The SMILES string of the molecule is CC(C)=CC1(O)CCCCC1c1ccccc1. The zero-order valence-electron chi connectivity index (χ0n) is 10.8. The lowest BCUT2D eigenvalue weighted by Gasteiger charge is -2.38. The molecule has 1 aromatic rings. The summed E-state index contributed by atoms with van der Waals surface area (Å²) < 4.78 is 0. The molecule has 17 heavy (non-hydrogen) atoms. The lowest BCUT2D eigenvalue weighted by Crippen LogP contribution is -2.37. The van der Waals surface area contributed by atoms with Crippen molar-refractivity contribution in [2.75, 3.05) is 0 Å². The standard InChI is InChI=1S/C16H22O/c1-13(2)12-16(17)11-7-6-10-15(16)14-8-4-3-5-9-14/h3-5,8-9,12,15,17H,6-7,10-11H2,1-2H3. The summed E-state index contributed by atoms with van der Waals surface area (Å²) in [5.41, 5.74) is 1.83. The highest BCUT2D eigenvalue weighted by atomic mass is 16.3. The molecule has 0 aliphatic heterocycles. The van der Waals surface area contributed by atoms with Gasteiger partial charge in [-0.2, -0.15) is 0 Å². The second-order valence-corrected chi connectivity index (χ2v) is 5.42. The van der Waals surface area contributed by atoms with Gasteiger partial charge in [-0.05, 0) is 32.3 Å². The van der Waals surface area contributed by atoms with E-state index in [1.165, 1.54) is 17.6 Å². The number of allylic oxidation sites excluding steroid dienone is 1. The average Bonchev–Trinajstić information content (AvgIpc) is 2.29. The minimum Gasteiger partial charge on any atom is -0.385 e. The molecule has 0 heterocycles. The molecular formula is C16H22O. The molecule has 1 aromatic carbocycles. The van der Waals surface area contributed by atoms with E-state index >= 15 is 0 Å². The number of hydrogen-bond acceptors (Lipinski definition) is 1. The first-order chi connectivity index (χ1) is 8.12. The van der Waals surface area contributed by atoms with Gasteiger partial charge in [0, 0.05) is 5.92 Å². The Morgan fingerprint density at radius 1 is 1.24 bits per heavy atom. The van der Waals surface area contributed by atoms with Crippen LogP contribution in [0.2, 0.25) is 0 Å². The van der Waals surface area contributed by atoms with Gasteiger partial charge in [0.25, 0.3) is 0 Å². The predicted molar refractivity (Wildman–Crippen MR) is 72.0 cm³/mol. The molecule has 1 saturated carbocycles. The van der Waals surface area contributed by atoms with Crippen LogP contribution in [0.4, 0.5) is 0 Å². The smallest absolute Gasteiger partial charge is 0.0898 e. The minimum absolute atomic E-state index is 0.257. The summed E-state index contributed by atoms with van der Waals surface area (Å²) in [4.78, 5) is 0. The van der Waals surface area contributed by atoms with Crippen molar-refractivity contribution in [1.82, 2.24) is 0 Å². The predicted octanol–water partition coefficient (Wildman–Crippen LogP) is 4.04. The summed E-state index contributed by atoms with van der Waals surface area (Å²) >= 11 is 0. The van der Waals surface area contributed by atoms with Crippen LogP contribution in [0.1, 0.15) is 51.0 Å². The summed E-state index contributed by atoms with van der Waals surface area (Å²) in [5, 5.41) is 10.9. The van der Waals surface area contributed by atoms with Crippen molar-refractivity contribution in [1.29, 1.82) is 0 Å². The van der Waals surface area contributed by atoms with E-state index in [2.05, 4.69) is 44.2 Å². The van der Waals surface area contributed by atoms with Crippen molar-refractivity contribution in [2.24, 2.45) is 0 Å². The number of benzene rings is 1. The van der Waals surface area contributed by atoms with Gasteiger partial charge in [-0.25, -0.2) is 0 Å². The summed E-state index contributed by atoms with van der Waals surface area (Å²) in [6.07, 6.45) is 6.38. The number of rotatable bonds is 2. The molecule has 1 N–H and O–H groups in total. The van der Waals surface area contributed by atoms with Crippen molar-refractivity contribution in [2.45, 2.75) is 51.0 Å². The molecule has 2 rings (SSSR count). The Balaban J connectivity index is 2.33. The van der Waals surface area contributed by atoms with Crippen molar-refractivity contribution in [3.63, 3.8) is 0 Å². The molecule has 0 amide bonds. The Bertz CT molecular complexity index is 389. The van der Waals surface area contributed by atoms with Crippen molar-refractivity contribution >= 4 is 0 Å². The zero-order chi connectivity index (χ0) is 12.3. The normalized spacial score (nSPS) is 28.8. The summed E-state index contributed by atoms with van der Waals surface area (Å²) in [5.74, 6) is 0.257. The first-order valence-corrected chi connectivity index (χ1v) is 6.55. The van der Waals surface area contributed by atoms with E-state index in [0.29, 0.717) is 0 Å². The fourth-order valence-electron chi connectivity index (χ4n) is 2.99. The molecule has 92 valence electrons. The van der Waals surface area contributed by atoms with Gasteiger partial charge in [0.05, 0.1) is 5.60 Å². The molecule has 1 fully saturated rings. The van der Waals surface area contributed by atoms with Crippen molar-refractivity contribution < 1.29 is 5.11 Å². The van der Waals surface area contributed by atoms with Gasteiger partial charge in [-0.1, -0.05) is 54.8 Å². The maximum atomic E-state index is 10.9. The molecule has 0 spiro atoms. The first-order valence-electron chi connectivity index (χ1n) is 6.55. The Hall–Kier alpha value is -1.08. The average molecular weight is 230 g/mol. The first kappa shape index (κ1) is 12.4. The monoisotopic (exact) mass is 230 g/mol.